The van der Waals surface area contributed by atoms with Gasteiger partial charge in [0, 0.05) is 25.0 Å². The van der Waals surface area contributed by atoms with E-state index in [1.807, 2.05) is 0 Å². The molecule has 0 aromatic rings. The number of nitrogens with one attached hydrogen (secondary N) is 1. The van der Waals surface area contributed by atoms with Gasteiger partial charge in [-0.15, -0.1) is 0 Å². The van der Waals surface area contributed by atoms with E-state index < -0.39 is 0 Å². The molecule has 52 valence electrons. The van der Waals surface area contributed by atoms with Crippen LogP contribution in [0, 0.1) is 5.41 Å². The Morgan fingerprint density at radius 1 is 1.44 bits per heavy atom. The summed E-state index contributed by atoms with van der Waals surface area (Å²) in [6.07, 6.45) is 1.35. The van der Waals surface area contributed by atoms with Crippen LogP contribution in [0.2, 0.25) is 0 Å². The van der Waals surface area contributed by atoms with Gasteiger partial charge in [-0.25, -0.2) is 0 Å². The quantitative estimate of drug-likeness (QED) is 0.470. The Bertz CT molecular complexity index is 112. The lowest BCUT2D eigenvalue weighted by atomic mass is 9.81. The minimum atomic E-state index is 0.627. The summed E-state index contributed by atoms with van der Waals surface area (Å²) < 4.78 is 2.09. The van der Waals surface area contributed by atoms with E-state index in [1.54, 1.807) is 0 Å². The Morgan fingerprint density at radius 2 is 2.22 bits per heavy atom. The number of rotatable bonds is 0. The average molecular weight is 144 g/mol. The minimum absolute atomic E-state index is 0.627. The second kappa shape index (κ2) is 1.87. The van der Waals surface area contributed by atoms with Crippen LogP contribution in [0.1, 0.15) is 6.42 Å². The van der Waals surface area contributed by atoms with Crippen LogP contribution in [0.5, 0.6) is 0 Å². The lowest BCUT2D eigenvalue weighted by Gasteiger charge is -2.44. The molecule has 1 N–H and O–H groups in total. The summed E-state index contributed by atoms with van der Waals surface area (Å²) in [5, 5.41) is 3.37. The van der Waals surface area contributed by atoms with E-state index >= 15 is 0 Å². The van der Waals surface area contributed by atoms with Crippen molar-refractivity contribution in [2.75, 3.05) is 26.2 Å². The molecule has 1 spiro atoms. The van der Waals surface area contributed by atoms with Gasteiger partial charge in [-0.3, -0.25) is 4.31 Å². The van der Waals surface area contributed by atoms with E-state index in [-0.39, 0.29) is 0 Å². The van der Waals surface area contributed by atoms with E-state index in [0.29, 0.717) is 5.41 Å². The SMILES string of the molecule is SN1CC2(CCNC2)C1. The topological polar surface area (TPSA) is 15.3 Å². The Morgan fingerprint density at radius 3 is 2.67 bits per heavy atom. The van der Waals surface area contributed by atoms with Crippen molar-refractivity contribution in [3.05, 3.63) is 0 Å². The maximum atomic E-state index is 4.24. The number of hydrogen-bond donors (Lipinski definition) is 2. The first-order chi connectivity index (χ1) is 4.31. The largest absolute Gasteiger partial charge is 0.316 e. The molecule has 0 bridgehead atoms. The first-order valence-corrected chi connectivity index (χ1v) is 3.85. The maximum absolute atomic E-state index is 4.24. The highest BCUT2D eigenvalue weighted by molar-refractivity contribution is 7.77. The van der Waals surface area contributed by atoms with E-state index in [9.17, 15) is 0 Å². The van der Waals surface area contributed by atoms with Gasteiger partial charge in [0.05, 0.1) is 0 Å². The van der Waals surface area contributed by atoms with Gasteiger partial charge in [-0.05, 0) is 13.0 Å². The molecule has 2 heterocycles. The highest BCUT2D eigenvalue weighted by atomic mass is 32.1. The Hall–Kier alpha value is 0.270. The summed E-state index contributed by atoms with van der Waals surface area (Å²) in [5.74, 6) is 0. The summed E-state index contributed by atoms with van der Waals surface area (Å²) in [7, 11) is 0. The molecule has 2 nitrogen and oxygen atoms in total. The Balaban J connectivity index is 1.95. The monoisotopic (exact) mass is 144 g/mol. The number of hydrogen-bond acceptors (Lipinski definition) is 3. The highest BCUT2D eigenvalue weighted by Crippen LogP contribution is 2.36. The molecule has 0 atom stereocenters. The van der Waals surface area contributed by atoms with Crippen molar-refractivity contribution in [1.29, 1.82) is 0 Å². The van der Waals surface area contributed by atoms with E-state index in [0.717, 1.165) is 0 Å². The molecule has 2 fully saturated rings. The van der Waals surface area contributed by atoms with Crippen LogP contribution in [-0.2, 0) is 0 Å². The predicted octanol–water partition coefficient (Wildman–Crippen LogP) is 0.126. The van der Waals surface area contributed by atoms with Gasteiger partial charge in [-0.2, -0.15) is 0 Å². The molecule has 0 amide bonds. The molecule has 2 aliphatic rings. The lowest BCUT2D eigenvalue weighted by molar-refractivity contribution is 0.105. The molecule has 0 saturated carbocycles. The Labute approximate surface area is 61.2 Å². The predicted molar refractivity (Wildman–Crippen MR) is 40.5 cm³/mol. The zero-order valence-corrected chi connectivity index (χ0v) is 6.32. The molecule has 0 radical (unpaired) electrons. The summed E-state index contributed by atoms with van der Waals surface area (Å²) in [5.41, 5.74) is 0.627. The smallest absolute Gasteiger partial charge is 0.0169 e. The zero-order valence-electron chi connectivity index (χ0n) is 5.43. The van der Waals surface area contributed by atoms with Crippen LogP contribution in [0.3, 0.4) is 0 Å². The standard InChI is InChI=1S/C6H12N2S/c9-8-4-6(5-8)1-2-7-3-6/h7,9H,1-5H2. The van der Waals surface area contributed by atoms with Gasteiger partial charge in [0.25, 0.3) is 0 Å². The van der Waals surface area contributed by atoms with Crippen molar-refractivity contribution >= 4 is 12.8 Å². The molecule has 0 aliphatic carbocycles. The fourth-order valence-corrected chi connectivity index (χ4v) is 2.39. The van der Waals surface area contributed by atoms with Crippen molar-refractivity contribution in [2.45, 2.75) is 6.42 Å². The first kappa shape index (κ1) is 6.01. The second-order valence-corrected chi connectivity index (χ2v) is 3.82. The minimum Gasteiger partial charge on any atom is -0.316 e. The lowest BCUT2D eigenvalue weighted by Crippen LogP contribution is -2.52. The highest BCUT2D eigenvalue weighted by Gasteiger charge is 2.43. The zero-order chi connectivity index (χ0) is 6.32. The molecular formula is C6H12N2S. The van der Waals surface area contributed by atoms with Crippen LogP contribution >= 0.6 is 12.8 Å². The summed E-state index contributed by atoms with van der Waals surface area (Å²) >= 11 is 4.24. The Kier molecular flexibility index (Phi) is 1.25. The van der Waals surface area contributed by atoms with Crippen LogP contribution in [0.15, 0.2) is 0 Å². The second-order valence-electron chi connectivity index (χ2n) is 3.25. The van der Waals surface area contributed by atoms with Gasteiger partial charge < -0.3 is 5.32 Å². The molecule has 2 aliphatic heterocycles. The third-order valence-corrected chi connectivity index (χ3v) is 2.65. The van der Waals surface area contributed by atoms with Crippen molar-refractivity contribution in [1.82, 2.24) is 9.62 Å². The molecule has 2 saturated heterocycles. The summed E-state index contributed by atoms with van der Waals surface area (Å²) in [4.78, 5) is 0. The third kappa shape index (κ3) is 0.876. The van der Waals surface area contributed by atoms with E-state index in [2.05, 4.69) is 22.4 Å². The van der Waals surface area contributed by atoms with E-state index in [1.165, 1.54) is 32.6 Å². The number of nitrogens with zero attached hydrogens (tertiary/aromatic N) is 1. The number of thiol groups is 1. The molecule has 2 rings (SSSR count). The molecule has 3 heteroatoms. The summed E-state index contributed by atoms with van der Waals surface area (Å²) in [6.45, 7) is 4.79. The van der Waals surface area contributed by atoms with Crippen molar-refractivity contribution in [3.63, 3.8) is 0 Å². The van der Waals surface area contributed by atoms with Crippen LogP contribution < -0.4 is 5.32 Å². The average Bonchev–Trinajstić information content (AvgIpc) is 2.12. The molecule has 0 aromatic heterocycles. The van der Waals surface area contributed by atoms with Crippen molar-refractivity contribution in [3.8, 4) is 0 Å². The van der Waals surface area contributed by atoms with Crippen molar-refractivity contribution < 1.29 is 0 Å². The normalized spacial score (nSPS) is 33.0. The molecule has 0 aromatic carbocycles. The third-order valence-electron chi connectivity index (χ3n) is 2.37. The molecular weight excluding hydrogens is 132 g/mol. The van der Waals surface area contributed by atoms with Gasteiger partial charge in [0.1, 0.15) is 0 Å². The first-order valence-electron chi connectivity index (χ1n) is 3.45. The van der Waals surface area contributed by atoms with Crippen LogP contribution in [0.4, 0.5) is 0 Å². The van der Waals surface area contributed by atoms with Crippen LogP contribution in [0.25, 0.3) is 0 Å². The van der Waals surface area contributed by atoms with Gasteiger partial charge in [0.15, 0.2) is 0 Å². The fourth-order valence-electron chi connectivity index (χ4n) is 1.79. The summed E-state index contributed by atoms with van der Waals surface area (Å²) in [6, 6.07) is 0. The van der Waals surface area contributed by atoms with Gasteiger partial charge in [-0.1, -0.05) is 12.8 Å². The van der Waals surface area contributed by atoms with Gasteiger partial charge in [0.2, 0.25) is 0 Å². The molecule has 0 unspecified atom stereocenters. The fraction of sp³-hybridized carbons (Fsp3) is 1.00. The maximum Gasteiger partial charge on any atom is 0.0169 e. The molecule has 9 heavy (non-hydrogen) atoms. The van der Waals surface area contributed by atoms with Crippen LogP contribution in [-0.4, -0.2) is 30.5 Å². The van der Waals surface area contributed by atoms with Crippen molar-refractivity contribution in [2.24, 2.45) is 5.41 Å². The van der Waals surface area contributed by atoms with E-state index in [4.69, 9.17) is 0 Å². The van der Waals surface area contributed by atoms with Gasteiger partial charge >= 0.3 is 0 Å².